The smallest absolute Gasteiger partial charge is 0.221 e. The first-order valence-corrected chi connectivity index (χ1v) is 3.23. The minimum absolute atomic E-state index is 0.403. The van der Waals surface area contributed by atoms with Crippen LogP contribution in [-0.4, -0.2) is 32.6 Å². The molecular formula is C5H14N4O. The summed E-state index contributed by atoms with van der Waals surface area (Å²) in [5.41, 5.74) is 1.75. The van der Waals surface area contributed by atoms with Crippen LogP contribution in [0.25, 0.3) is 0 Å². The Morgan fingerprint density at radius 3 is 1.60 bits per heavy atom. The first-order valence-electron chi connectivity index (χ1n) is 3.23. The minimum atomic E-state index is 0.403. The number of carbonyl (C=O) groups is 1. The van der Waals surface area contributed by atoms with Crippen molar-refractivity contribution in [1.82, 2.24) is 16.1 Å². The highest BCUT2D eigenvalue weighted by Gasteiger charge is 1.91. The van der Waals surface area contributed by atoms with Gasteiger partial charge in [-0.3, -0.25) is 10.2 Å². The molecule has 1 aliphatic rings. The summed E-state index contributed by atoms with van der Waals surface area (Å²) in [6, 6.07) is 0. The lowest BCUT2D eigenvalue weighted by Crippen LogP contribution is -2.39. The van der Waals surface area contributed by atoms with E-state index >= 15 is 0 Å². The molecule has 1 heterocycles. The fourth-order valence-corrected chi connectivity index (χ4v) is 0.604. The van der Waals surface area contributed by atoms with Crippen molar-refractivity contribution in [2.24, 2.45) is 5.84 Å². The second-order valence-electron chi connectivity index (χ2n) is 1.78. The second kappa shape index (κ2) is 8.35. The SMILES string of the molecule is C1CNCCN1.NNC=O. The number of hydrazine groups is 1. The number of nitrogens with two attached hydrogens (primary N) is 1. The summed E-state index contributed by atoms with van der Waals surface area (Å²) in [7, 11) is 0. The van der Waals surface area contributed by atoms with Crippen LogP contribution in [0.4, 0.5) is 0 Å². The molecule has 0 unspecified atom stereocenters. The molecule has 5 N–H and O–H groups in total. The van der Waals surface area contributed by atoms with Gasteiger partial charge in [0.25, 0.3) is 0 Å². The van der Waals surface area contributed by atoms with Crippen LogP contribution in [-0.2, 0) is 4.79 Å². The monoisotopic (exact) mass is 146 g/mol. The lowest BCUT2D eigenvalue weighted by atomic mass is 10.4. The second-order valence-corrected chi connectivity index (χ2v) is 1.78. The maximum atomic E-state index is 8.94. The van der Waals surface area contributed by atoms with E-state index < -0.39 is 0 Å². The molecular weight excluding hydrogens is 132 g/mol. The Hall–Kier alpha value is -0.650. The fraction of sp³-hybridized carbons (Fsp3) is 0.800. The van der Waals surface area contributed by atoms with Gasteiger partial charge in [-0.1, -0.05) is 0 Å². The van der Waals surface area contributed by atoms with Gasteiger partial charge in [0.05, 0.1) is 0 Å². The molecule has 10 heavy (non-hydrogen) atoms. The van der Waals surface area contributed by atoms with Crippen molar-refractivity contribution in [2.45, 2.75) is 0 Å². The topological polar surface area (TPSA) is 79.2 Å². The van der Waals surface area contributed by atoms with Crippen LogP contribution in [0.1, 0.15) is 0 Å². The quantitative estimate of drug-likeness (QED) is 0.146. The third-order valence-electron chi connectivity index (χ3n) is 1.03. The molecule has 1 saturated heterocycles. The van der Waals surface area contributed by atoms with E-state index in [4.69, 9.17) is 4.79 Å². The maximum Gasteiger partial charge on any atom is 0.221 e. The summed E-state index contributed by atoms with van der Waals surface area (Å²) in [6.45, 7) is 4.56. The molecule has 0 aromatic rings. The Morgan fingerprint density at radius 1 is 1.20 bits per heavy atom. The van der Waals surface area contributed by atoms with Crippen molar-refractivity contribution in [3.8, 4) is 0 Å². The van der Waals surface area contributed by atoms with E-state index in [-0.39, 0.29) is 0 Å². The van der Waals surface area contributed by atoms with Crippen LogP contribution < -0.4 is 21.9 Å². The maximum absolute atomic E-state index is 8.94. The number of hydrogen-bond donors (Lipinski definition) is 4. The molecule has 5 nitrogen and oxygen atoms in total. The zero-order valence-corrected chi connectivity index (χ0v) is 5.89. The predicted molar refractivity (Wildman–Crippen MR) is 39.1 cm³/mol. The Bertz CT molecular complexity index is 62.5. The average Bonchev–Trinajstić information content (AvgIpc) is 2.08. The standard InChI is InChI=1S/C4H10N2.CH4N2O/c1-2-6-4-3-5-1;2-3-1-4/h5-6H,1-4H2;1H,2H2,(H,3,4). The molecule has 0 aromatic carbocycles. The molecule has 0 spiro atoms. The highest BCUT2D eigenvalue weighted by atomic mass is 16.1. The largest absolute Gasteiger partial charge is 0.314 e. The number of nitrogens with one attached hydrogen (secondary N) is 3. The van der Waals surface area contributed by atoms with Gasteiger partial charge in [0.2, 0.25) is 6.41 Å². The van der Waals surface area contributed by atoms with Gasteiger partial charge in [-0.15, -0.1) is 0 Å². The molecule has 1 aliphatic heterocycles. The molecule has 0 aromatic heterocycles. The van der Waals surface area contributed by atoms with Crippen molar-refractivity contribution in [2.75, 3.05) is 26.2 Å². The minimum Gasteiger partial charge on any atom is -0.314 e. The van der Waals surface area contributed by atoms with Crippen LogP contribution in [0.3, 0.4) is 0 Å². The van der Waals surface area contributed by atoms with Crippen molar-refractivity contribution in [1.29, 1.82) is 0 Å². The Labute approximate surface area is 60.3 Å². The van der Waals surface area contributed by atoms with E-state index in [0.29, 0.717) is 6.41 Å². The molecule has 1 fully saturated rings. The molecule has 0 aliphatic carbocycles. The van der Waals surface area contributed by atoms with Gasteiger partial charge in [0.15, 0.2) is 0 Å². The van der Waals surface area contributed by atoms with Gasteiger partial charge in [-0.05, 0) is 0 Å². The first kappa shape index (κ1) is 9.35. The molecule has 0 bridgehead atoms. The van der Waals surface area contributed by atoms with Crippen LogP contribution in [0.15, 0.2) is 0 Å². The van der Waals surface area contributed by atoms with Crippen LogP contribution in [0.2, 0.25) is 0 Å². The molecule has 0 saturated carbocycles. The summed E-state index contributed by atoms with van der Waals surface area (Å²) in [6.07, 6.45) is 0.403. The Balaban J connectivity index is 0.000000180. The summed E-state index contributed by atoms with van der Waals surface area (Å²) in [5, 5.41) is 6.44. The highest BCUT2D eigenvalue weighted by molar-refractivity contribution is 5.44. The zero-order valence-electron chi connectivity index (χ0n) is 5.89. The Morgan fingerprint density at radius 2 is 1.50 bits per heavy atom. The predicted octanol–water partition coefficient (Wildman–Crippen LogP) is -2.21. The molecule has 5 heteroatoms. The lowest BCUT2D eigenvalue weighted by molar-refractivity contribution is -0.109. The first-order chi connectivity index (χ1) is 4.91. The van der Waals surface area contributed by atoms with Gasteiger partial charge in [-0.2, -0.15) is 0 Å². The summed E-state index contributed by atoms with van der Waals surface area (Å²) in [4.78, 5) is 8.94. The number of hydrogen-bond acceptors (Lipinski definition) is 4. The molecule has 0 atom stereocenters. The van der Waals surface area contributed by atoms with E-state index in [9.17, 15) is 0 Å². The van der Waals surface area contributed by atoms with Crippen LogP contribution in [0, 0.1) is 0 Å². The molecule has 1 amide bonds. The van der Waals surface area contributed by atoms with E-state index in [0.717, 1.165) is 26.2 Å². The number of rotatable bonds is 1. The van der Waals surface area contributed by atoms with E-state index in [2.05, 4.69) is 16.5 Å². The number of piperazine rings is 1. The third-order valence-corrected chi connectivity index (χ3v) is 1.03. The fourth-order valence-electron chi connectivity index (χ4n) is 0.604. The number of amides is 1. The van der Waals surface area contributed by atoms with Gasteiger partial charge < -0.3 is 10.6 Å². The van der Waals surface area contributed by atoms with Crippen molar-refractivity contribution in [3.05, 3.63) is 0 Å². The Kier molecular flexibility index (Phi) is 7.81. The molecule has 60 valence electrons. The van der Waals surface area contributed by atoms with Gasteiger partial charge in [0, 0.05) is 26.2 Å². The van der Waals surface area contributed by atoms with Crippen molar-refractivity contribution in [3.63, 3.8) is 0 Å². The summed E-state index contributed by atoms with van der Waals surface area (Å²) < 4.78 is 0. The van der Waals surface area contributed by atoms with Crippen LogP contribution in [0.5, 0.6) is 0 Å². The normalized spacial score (nSPS) is 16.5. The van der Waals surface area contributed by atoms with Gasteiger partial charge in [0.1, 0.15) is 0 Å². The zero-order chi connectivity index (χ0) is 7.66. The highest BCUT2D eigenvalue weighted by Crippen LogP contribution is 1.65. The summed E-state index contributed by atoms with van der Waals surface area (Å²) in [5.74, 6) is 4.41. The van der Waals surface area contributed by atoms with Gasteiger partial charge >= 0.3 is 0 Å². The molecule has 1 rings (SSSR count). The van der Waals surface area contributed by atoms with E-state index in [1.807, 2.05) is 0 Å². The summed E-state index contributed by atoms with van der Waals surface area (Å²) >= 11 is 0. The van der Waals surface area contributed by atoms with Crippen molar-refractivity contribution >= 4 is 6.41 Å². The van der Waals surface area contributed by atoms with Crippen LogP contribution >= 0.6 is 0 Å². The lowest BCUT2D eigenvalue weighted by Gasteiger charge is -2.11. The van der Waals surface area contributed by atoms with Crippen molar-refractivity contribution < 1.29 is 4.79 Å². The number of carbonyl (C=O) groups excluding carboxylic acids is 1. The van der Waals surface area contributed by atoms with E-state index in [1.54, 1.807) is 5.43 Å². The third kappa shape index (κ3) is 7.35. The van der Waals surface area contributed by atoms with Gasteiger partial charge in [-0.25, -0.2) is 5.84 Å². The van der Waals surface area contributed by atoms with E-state index in [1.165, 1.54) is 0 Å². The molecule has 0 radical (unpaired) electrons. The average molecular weight is 146 g/mol.